The summed E-state index contributed by atoms with van der Waals surface area (Å²) < 4.78 is 0. The lowest BCUT2D eigenvalue weighted by molar-refractivity contribution is 0.817. The molecule has 0 unspecified atom stereocenters. The summed E-state index contributed by atoms with van der Waals surface area (Å²) in [5, 5.41) is 0. The number of nitrogens with two attached hydrogens (primary N) is 1. The zero-order valence-corrected chi connectivity index (χ0v) is 11.9. The molecule has 0 saturated heterocycles. The summed E-state index contributed by atoms with van der Waals surface area (Å²) in [5.41, 5.74) is 9.66. The Balaban J connectivity index is 2.21. The Labute approximate surface area is 113 Å². The molecule has 2 aromatic rings. The van der Waals surface area contributed by atoms with E-state index in [4.69, 9.17) is 5.73 Å². The van der Waals surface area contributed by atoms with Crippen LogP contribution in [-0.2, 0) is 0 Å². The SMILES string of the molecule is Cc1ccc(C)c(Sc2ccc([C@H](C)N)cc2)c1. The van der Waals surface area contributed by atoms with Gasteiger partial charge in [-0.3, -0.25) is 0 Å². The monoisotopic (exact) mass is 257 g/mol. The van der Waals surface area contributed by atoms with Crippen molar-refractivity contribution in [3.63, 3.8) is 0 Å². The minimum atomic E-state index is 0.102. The van der Waals surface area contributed by atoms with Crippen LogP contribution in [0.15, 0.2) is 52.3 Å². The van der Waals surface area contributed by atoms with Gasteiger partial charge in [0, 0.05) is 15.8 Å². The van der Waals surface area contributed by atoms with Crippen LogP contribution >= 0.6 is 11.8 Å². The van der Waals surface area contributed by atoms with Crippen LogP contribution in [0.5, 0.6) is 0 Å². The van der Waals surface area contributed by atoms with Gasteiger partial charge in [-0.25, -0.2) is 0 Å². The fourth-order valence-electron chi connectivity index (χ4n) is 1.78. The standard InChI is InChI=1S/C16H19NS/c1-11-4-5-12(2)16(10-11)18-15-8-6-14(7-9-15)13(3)17/h4-10,13H,17H2,1-3H3/t13-/m0/s1. The fourth-order valence-corrected chi connectivity index (χ4v) is 2.78. The molecular weight excluding hydrogens is 238 g/mol. The van der Waals surface area contributed by atoms with Crippen molar-refractivity contribution in [3.8, 4) is 0 Å². The average molecular weight is 257 g/mol. The molecule has 2 rings (SSSR count). The summed E-state index contributed by atoms with van der Waals surface area (Å²) in [5.74, 6) is 0. The second-order valence-corrected chi connectivity index (χ2v) is 5.84. The molecule has 0 spiro atoms. The van der Waals surface area contributed by atoms with Crippen LogP contribution in [0.3, 0.4) is 0 Å². The van der Waals surface area contributed by atoms with Crippen molar-refractivity contribution in [2.45, 2.75) is 36.6 Å². The van der Waals surface area contributed by atoms with E-state index in [0.29, 0.717) is 0 Å². The number of rotatable bonds is 3. The molecule has 94 valence electrons. The summed E-state index contributed by atoms with van der Waals surface area (Å²) in [6.45, 7) is 6.29. The summed E-state index contributed by atoms with van der Waals surface area (Å²) in [6.07, 6.45) is 0. The van der Waals surface area contributed by atoms with Crippen LogP contribution < -0.4 is 5.73 Å². The van der Waals surface area contributed by atoms with Crippen molar-refractivity contribution in [1.29, 1.82) is 0 Å². The maximum Gasteiger partial charge on any atom is 0.0266 e. The topological polar surface area (TPSA) is 26.0 Å². The Morgan fingerprint density at radius 1 is 1.00 bits per heavy atom. The average Bonchev–Trinajstić information content (AvgIpc) is 2.34. The smallest absolute Gasteiger partial charge is 0.0266 e. The van der Waals surface area contributed by atoms with E-state index >= 15 is 0 Å². The molecule has 0 fully saturated rings. The maximum atomic E-state index is 5.85. The first kappa shape index (κ1) is 13.2. The molecule has 1 nitrogen and oxygen atoms in total. The molecule has 18 heavy (non-hydrogen) atoms. The van der Waals surface area contributed by atoms with Gasteiger partial charge in [0.25, 0.3) is 0 Å². The van der Waals surface area contributed by atoms with Gasteiger partial charge in [-0.1, -0.05) is 36.0 Å². The van der Waals surface area contributed by atoms with E-state index in [1.54, 1.807) is 0 Å². The second kappa shape index (κ2) is 5.59. The number of aryl methyl sites for hydroxylation is 2. The first-order valence-electron chi connectivity index (χ1n) is 6.17. The number of hydrogen-bond acceptors (Lipinski definition) is 2. The van der Waals surface area contributed by atoms with Crippen LogP contribution in [-0.4, -0.2) is 0 Å². The highest BCUT2D eigenvalue weighted by Gasteiger charge is 2.03. The molecule has 2 N–H and O–H groups in total. The normalized spacial score (nSPS) is 12.4. The minimum Gasteiger partial charge on any atom is -0.324 e. The van der Waals surface area contributed by atoms with E-state index in [1.165, 1.54) is 26.5 Å². The van der Waals surface area contributed by atoms with Gasteiger partial charge in [0.05, 0.1) is 0 Å². The highest BCUT2D eigenvalue weighted by atomic mass is 32.2. The Bertz CT molecular complexity index is 529. The summed E-state index contributed by atoms with van der Waals surface area (Å²) >= 11 is 1.81. The zero-order chi connectivity index (χ0) is 13.1. The van der Waals surface area contributed by atoms with Crippen LogP contribution in [0.2, 0.25) is 0 Å². The molecular formula is C16H19NS. The van der Waals surface area contributed by atoms with Crippen LogP contribution in [0, 0.1) is 13.8 Å². The van der Waals surface area contributed by atoms with Crippen LogP contribution in [0.4, 0.5) is 0 Å². The molecule has 0 amide bonds. The van der Waals surface area contributed by atoms with E-state index < -0.39 is 0 Å². The molecule has 2 aromatic carbocycles. The van der Waals surface area contributed by atoms with Gasteiger partial charge in [0.15, 0.2) is 0 Å². The quantitative estimate of drug-likeness (QED) is 0.877. The third-order valence-corrected chi connectivity index (χ3v) is 4.14. The highest BCUT2D eigenvalue weighted by molar-refractivity contribution is 7.99. The largest absolute Gasteiger partial charge is 0.324 e. The molecule has 0 aliphatic rings. The van der Waals surface area contributed by atoms with E-state index in [0.717, 1.165) is 0 Å². The first-order chi connectivity index (χ1) is 8.56. The van der Waals surface area contributed by atoms with Crippen LogP contribution in [0.25, 0.3) is 0 Å². The Morgan fingerprint density at radius 3 is 2.28 bits per heavy atom. The molecule has 0 aromatic heterocycles. The predicted molar refractivity (Wildman–Crippen MR) is 79.1 cm³/mol. The Kier molecular flexibility index (Phi) is 4.10. The van der Waals surface area contributed by atoms with Gasteiger partial charge in [0.2, 0.25) is 0 Å². The summed E-state index contributed by atoms with van der Waals surface area (Å²) in [6, 6.07) is 15.2. The van der Waals surface area contributed by atoms with Crippen LogP contribution in [0.1, 0.15) is 29.7 Å². The lowest BCUT2D eigenvalue weighted by Gasteiger charge is -2.09. The maximum absolute atomic E-state index is 5.85. The van der Waals surface area contributed by atoms with Gasteiger partial charge in [0.1, 0.15) is 0 Å². The van der Waals surface area contributed by atoms with Crippen molar-refractivity contribution in [2.75, 3.05) is 0 Å². The van der Waals surface area contributed by atoms with Gasteiger partial charge in [-0.2, -0.15) is 0 Å². The Morgan fingerprint density at radius 2 is 1.67 bits per heavy atom. The van der Waals surface area contributed by atoms with E-state index in [2.05, 4.69) is 56.3 Å². The zero-order valence-electron chi connectivity index (χ0n) is 11.1. The van der Waals surface area contributed by atoms with Crippen molar-refractivity contribution in [1.82, 2.24) is 0 Å². The van der Waals surface area contributed by atoms with Crippen molar-refractivity contribution in [3.05, 3.63) is 59.2 Å². The molecule has 0 aliphatic heterocycles. The minimum absolute atomic E-state index is 0.102. The second-order valence-electron chi connectivity index (χ2n) is 4.73. The molecule has 2 heteroatoms. The summed E-state index contributed by atoms with van der Waals surface area (Å²) in [7, 11) is 0. The third kappa shape index (κ3) is 3.15. The summed E-state index contributed by atoms with van der Waals surface area (Å²) in [4.78, 5) is 2.58. The molecule has 0 aliphatic carbocycles. The number of benzene rings is 2. The van der Waals surface area contributed by atoms with Crippen molar-refractivity contribution in [2.24, 2.45) is 5.73 Å². The number of hydrogen-bond donors (Lipinski definition) is 1. The van der Waals surface area contributed by atoms with E-state index in [9.17, 15) is 0 Å². The molecule has 0 bridgehead atoms. The lowest BCUT2D eigenvalue weighted by Crippen LogP contribution is -2.04. The van der Waals surface area contributed by atoms with E-state index in [-0.39, 0.29) is 6.04 Å². The molecule has 0 heterocycles. The Hall–Kier alpha value is -1.25. The van der Waals surface area contributed by atoms with E-state index in [1.807, 2.05) is 18.7 Å². The first-order valence-corrected chi connectivity index (χ1v) is 6.98. The molecule has 0 radical (unpaired) electrons. The molecule has 0 saturated carbocycles. The van der Waals surface area contributed by atoms with Gasteiger partial charge in [-0.05, 0) is 55.7 Å². The van der Waals surface area contributed by atoms with Crippen molar-refractivity contribution >= 4 is 11.8 Å². The highest BCUT2D eigenvalue weighted by Crippen LogP contribution is 2.31. The van der Waals surface area contributed by atoms with Gasteiger partial charge in [-0.15, -0.1) is 0 Å². The van der Waals surface area contributed by atoms with Gasteiger partial charge < -0.3 is 5.73 Å². The lowest BCUT2D eigenvalue weighted by atomic mass is 10.1. The molecule has 1 atom stereocenters. The fraction of sp³-hybridized carbons (Fsp3) is 0.250. The van der Waals surface area contributed by atoms with Crippen molar-refractivity contribution < 1.29 is 0 Å². The predicted octanol–water partition coefficient (Wildman–Crippen LogP) is 4.47. The van der Waals surface area contributed by atoms with Gasteiger partial charge >= 0.3 is 0 Å². The third-order valence-electron chi connectivity index (χ3n) is 2.98.